The summed E-state index contributed by atoms with van der Waals surface area (Å²) in [5, 5.41) is 19.3. The van der Waals surface area contributed by atoms with Gasteiger partial charge < -0.3 is 10.2 Å². The molecule has 0 radical (unpaired) electrons. The predicted octanol–water partition coefficient (Wildman–Crippen LogP) is 3.47. The topological polar surface area (TPSA) is 57.5 Å². The Morgan fingerprint density at radius 2 is 1.50 bits per heavy atom. The standard InChI is InChI=1S/C15H12O3/c16-8-7-12-2-5-13-9-11(3-6-15(17)18)1-4-14(13)10-12/h1-10,16H,(H,17,18)/b6-3+,8-7+. The number of carboxylic acids is 1. The molecule has 0 atom stereocenters. The summed E-state index contributed by atoms with van der Waals surface area (Å²) in [5.41, 5.74) is 1.76. The molecule has 0 saturated carbocycles. The van der Waals surface area contributed by atoms with Crippen LogP contribution in [-0.2, 0) is 4.79 Å². The number of hydrogen-bond donors (Lipinski definition) is 2. The molecule has 2 rings (SSSR count). The molecule has 0 aliphatic carbocycles. The van der Waals surface area contributed by atoms with Crippen LogP contribution in [0.5, 0.6) is 0 Å². The third kappa shape index (κ3) is 2.77. The minimum absolute atomic E-state index is 0.843. The molecule has 2 aromatic carbocycles. The van der Waals surface area contributed by atoms with Crippen LogP contribution >= 0.6 is 0 Å². The highest BCUT2D eigenvalue weighted by molar-refractivity contribution is 5.89. The summed E-state index contributed by atoms with van der Waals surface area (Å²) >= 11 is 0. The largest absolute Gasteiger partial charge is 0.516 e. The van der Waals surface area contributed by atoms with Gasteiger partial charge in [-0.3, -0.25) is 0 Å². The summed E-state index contributed by atoms with van der Waals surface area (Å²) in [5.74, 6) is -0.960. The van der Waals surface area contributed by atoms with Crippen molar-refractivity contribution in [1.29, 1.82) is 0 Å². The maximum absolute atomic E-state index is 10.4. The number of rotatable bonds is 3. The summed E-state index contributed by atoms with van der Waals surface area (Å²) in [6, 6.07) is 11.5. The first kappa shape index (κ1) is 11.9. The van der Waals surface area contributed by atoms with E-state index in [1.165, 1.54) is 0 Å². The number of carboxylic acid groups (broad SMARTS) is 1. The van der Waals surface area contributed by atoms with Gasteiger partial charge in [0.1, 0.15) is 0 Å². The van der Waals surface area contributed by atoms with Crippen LogP contribution in [-0.4, -0.2) is 16.2 Å². The van der Waals surface area contributed by atoms with Crippen molar-refractivity contribution in [3.63, 3.8) is 0 Å². The molecular weight excluding hydrogens is 228 g/mol. The lowest BCUT2D eigenvalue weighted by Gasteiger charge is -2.01. The van der Waals surface area contributed by atoms with Crippen LogP contribution in [0.3, 0.4) is 0 Å². The van der Waals surface area contributed by atoms with E-state index < -0.39 is 5.97 Å². The zero-order chi connectivity index (χ0) is 13.0. The smallest absolute Gasteiger partial charge is 0.328 e. The van der Waals surface area contributed by atoms with Crippen molar-refractivity contribution >= 4 is 28.9 Å². The molecule has 0 heterocycles. The Bertz CT molecular complexity index is 639. The number of fused-ring (bicyclic) bond motifs is 1. The molecule has 0 bridgehead atoms. The van der Waals surface area contributed by atoms with Crippen molar-refractivity contribution in [2.45, 2.75) is 0 Å². The van der Waals surface area contributed by atoms with Gasteiger partial charge in [0.05, 0.1) is 6.26 Å². The van der Waals surface area contributed by atoms with Crippen LogP contribution in [0.4, 0.5) is 0 Å². The molecule has 0 aliphatic rings. The zero-order valence-electron chi connectivity index (χ0n) is 9.58. The molecule has 3 heteroatoms. The van der Waals surface area contributed by atoms with E-state index in [2.05, 4.69) is 0 Å². The van der Waals surface area contributed by atoms with Crippen molar-refractivity contribution in [1.82, 2.24) is 0 Å². The van der Waals surface area contributed by atoms with Crippen LogP contribution in [0.25, 0.3) is 22.9 Å². The van der Waals surface area contributed by atoms with Gasteiger partial charge in [-0.25, -0.2) is 4.79 Å². The Morgan fingerprint density at radius 1 is 0.944 bits per heavy atom. The van der Waals surface area contributed by atoms with Crippen molar-refractivity contribution in [2.24, 2.45) is 0 Å². The van der Waals surface area contributed by atoms with E-state index in [0.29, 0.717) is 0 Å². The lowest BCUT2D eigenvalue weighted by atomic mass is 10.0. The van der Waals surface area contributed by atoms with Gasteiger partial charge in [-0.1, -0.05) is 24.3 Å². The number of benzene rings is 2. The van der Waals surface area contributed by atoms with Crippen LogP contribution in [0.15, 0.2) is 48.7 Å². The third-order valence-electron chi connectivity index (χ3n) is 2.57. The van der Waals surface area contributed by atoms with Crippen molar-refractivity contribution in [3.05, 3.63) is 59.9 Å². The average molecular weight is 240 g/mol. The van der Waals surface area contributed by atoms with Crippen molar-refractivity contribution in [2.75, 3.05) is 0 Å². The van der Waals surface area contributed by atoms with Crippen LogP contribution in [0.2, 0.25) is 0 Å². The molecule has 2 N–H and O–H groups in total. The lowest BCUT2D eigenvalue weighted by Crippen LogP contribution is -1.85. The fourth-order valence-corrected chi connectivity index (χ4v) is 1.74. The van der Waals surface area contributed by atoms with Crippen molar-refractivity contribution < 1.29 is 15.0 Å². The first-order valence-corrected chi connectivity index (χ1v) is 5.44. The maximum atomic E-state index is 10.4. The molecule has 18 heavy (non-hydrogen) atoms. The van der Waals surface area contributed by atoms with Gasteiger partial charge in [-0.15, -0.1) is 0 Å². The first-order chi connectivity index (χ1) is 8.69. The molecule has 0 aliphatic heterocycles. The highest BCUT2D eigenvalue weighted by Crippen LogP contribution is 2.19. The van der Waals surface area contributed by atoms with Crippen LogP contribution in [0, 0.1) is 0 Å². The Morgan fingerprint density at radius 3 is 2.00 bits per heavy atom. The van der Waals surface area contributed by atoms with E-state index >= 15 is 0 Å². The number of aliphatic hydroxyl groups excluding tert-OH is 1. The fourth-order valence-electron chi connectivity index (χ4n) is 1.74. The molecule has 2 aromatic rings. The molecule has 90 valence electrons. The SMILES string of the molecule is O=C(O)/C=C/c1ccc2cc(/C=C/O)ccc2c1. The van der Waals surface area contributed by atoms with E-state index in [1.807, 2.05) is 36.4 Å². The Balaban J connectivity index is 2.41. The summed E-state index contributed by atoms with van der Waals surface area (Å²) in [7, 11) is 0. The third-order valence-corrected chi connectivity index (χ3v) is 2.57. The maximum Gasteiger partial charge on any atom is 0.328 e. The molecule has 0 spiro atoms. The number of aliphatic hydroxyl groups is 1. The van der Waals surface area contributed by atoms with E-state index in [-0.39, 0.29) is 0 Å². The molecule has 3 nitrogen and oxygen atoms in total. The minimum atomic E-state index is -0.960. The molecule has 0 fully saturated rings. The molecule has 0 saturated heterocycles. The van der Waals surface area contributed by atoms with Crippen molar-refractivity contribution in [3.8, 4) is 0 Å². The van der Waals surface area contributed by atoms with Crippen LogP contribution in [0.1, 0.15) is 11.1 Å². The van der Waals surface area contributed by atoms with E-state index in [1.54, 1.807) is 12.2 Å². The van der Waals surface area contributed by atoms with E-state index in [9.17, 15) is 4.79 Å². The molecule has 0 amide bonds. The zero-order valence-corrected chi connectivity index (χ0v) is 9.58. The van der Waals surface area contributed by atoms with E-state index in [0.717, 1.165) is 34.2 Å². The van der Waals surface area contributed by atoms with Gasteiger partial charge in [-0.2, -0.15) is 0 Å². The summed E-state index contributed by atoms with van der Waals surface area (Å²) in [4.78, 5) is 10.4. The second kappa shape index (κ2) is 5.19. The average Bonchev–Trinajstić information content (AvgIpc) is 2.36. The normalized spacial score (nSPS) is 11.6. The highest BCUT2D eigenvalue weighted by atomic mass is 16.4. The Hall–Kier alpha value is -2.55. The van der Waals surface area contributed by atoms with Gasteiger partial charge in [0.25, 0.3) is 0 Å². The second-order valence-corrected chi connectivity index (χ2v) is 3.85. The highest BCUT2D eigenvalue weighted by Gasteiger charge is 1.96. The number of hydrogen-bond acceptors (Lipinski definition) is 2. The van der Waals surface area contributed by atoms with E-state index in [4.69, 9.17) is 10.2 Å². The monoisotopic (exact) mass is 240 g/mol. The summed E-state index contributed by atoms with van der Waals surface area (Å²) in [6.07, 6.45) is 5.29. The second-order valence-electron chi connectivity index (χ2n) is 3.85. The number of aliphatic carboxylic acids is 1. The molecular formula is C15H12O3. The van der Waals surface area contributed by atoms with Gasteiger partial charge in [0.15, 0.2) is 0 Å². The summed E-state index contributed by atoms with van der Waals surface area (Å²) < 4.78 is 0. The minimum Gasteiger partial charge on any atom is -0.516 e. The fraction of sp³-hybridized carbons (Fsp3) is 0. The molecule has 0 aromatic heterocycles. The lowest BCUT2D eigenvalue weighted by molar-refractivity contribution is -0.131. The quantitative estimate of drug-likeness (QED) is 0.638. The summed E-state index contributed by atoms with van der Waals surface area (Å²) in [6.45, 7) is 0. The van der Waals surface area contributed by atoms with Gasteiger partial charge in [-0.05, 0) is 46.2 Å². The van der Waals surface area contributed by atoms with Crippen LogP contribution < -0.4 is 0 Å². The van der Waals surface area contributed by atoms with Gasteiger partial charge in [0, 0.05) is 6.08 Å². The molecule has 0 unspecified atom stereocenters. The number of carbonyl (C=O) groups is 1. The Kier molecular flexibility index (Phi) is 3.44. The first-order valence-electron chi connectivity index (χ1n) is 5.44. The van der Waals surface area contributed by atoms with Gasteiger partial charge >= 0.3 is 5.97 Å². The van der Waals surface area contributed by atoms with Gasteiger partial charge in [0.2, 0.25) is 0 Å². The Labute approximate surface area is 104 Å². The predicted molar refractivity (Wildman–Crippen MR) is 72.3 cm³/mol.